The van der Waals surface area contributed by atoms with E-state index < -0.39 is 130 Å². The number of imide groups is 1. The van der Waals surface area contributed by atoms with E-state index in [9.17, 15) is 78.0 Å². The smallest absolute Gasteiger partial charge is 0.363 e. The molecule has 0 spiro atoms. The average Bonchev–Trinajstić information content (AvgIpc) is 3.55. The molecule has 5 N–H and O–H groups in total. The summed E-state index contributed by atoms with van der Waals surface area (Å²) >= 11 is 2.06. The molecule has 0 radical (unpaired) electrons. The summed E-state index contributed by atoms with van der Waals surface area (Å²) in [5, 5.41) is 40.7. The van der Waals surface area contributed by atoms with Crippen molar-refractivity contribution in [3.63, 3.8) is 0 Å². The molecule has 2 aromatic carbocycles. The molecule has 0 aromatic heterocycles. The molecule has 0 atom stereocenters. The van der Waals surface area contributed by atoms with Crippen LogP contribution in [0, 0.1) is 3.57 Å². The van der Waals surface area contributed by atoms with Gasteiger partial charge in [0.15, 0.2) is 0 Å². The predicted octanol–water partition coefficient (Wildman–Crippen LogP) is 0.159. The van der Waals surface area contributed by atoms with Gasteiger partial charge in [0, 0.05) is 60.3 Å². The Kier molecular flexibility index (Phi) is 20.2. The van der Waals surface area contributed by atoms with E-state index >= 15 is 0 Å². The van der Waals surface area contributed by atoms with E-state index in [-0.39, 0.29) is 54.4 Å². The second kappa shape index (κ2) is 25.2. The Labute approximate surface area is 377 Å². The first-order valence-electron chi connectivity index (χ1n) is 19.5. The number of carboxylic acids is 4. The van der Waals surface area contributed by atoms with E-state index in [1.165, 1.54) is 18.2 Å². The van der Waals surface area contributed by atoms with E-state index in [2.05, 4.69) is 27.9 Å². The number of nitrogens with zero attached hydrogens (tertiary/aromatic N) is 5. The molecule has 1 fully saturated rings. The Morgan fingerprint density at radius 3 is 1.56 bits per heavy atom. The topological polar surface area (TPSA) is 323 Å². The maximum atomic E-state index is 13.8. The fourth-order valence-corrected chi connectivity index (χ4v) is 6.43. The van der Waals surface area contributed by atoms with Gasteiger partial charge in [-0.3, -0.25) is 52.7 Å². The van der Waals surface area contributed by atoms with Crippen molar-refractivity contribution < 1.29 is 82.8 Å². The average molecular weight is 1010 g/mol. The van der Waals surface area contributed by atoms with Crippen molar-refractivity contribution in [1.82, 2.24) is 30.0 Å². The van der Waals surface area contributed by atoms with E-state index in [0.29, 0.717) is 16.9 Å². The Morgan fingerprint density at radius 1 is 0.578 bits per heavy atom. The van der Waals surface area contributed by atoms with Crippen molar-refractivity contribution in [3.8, 4) is 0 Å². The van der Waals surface area contributed by atoms with Crippen LogP contribution in [-0.2, 0) is 48.0 Å². The van der Waals surface area contributed by atoms with Crippen molar-refractivity contribution >= 4 is 93.8 Å². The molecule has 0 bridgehead atoms. The SMILES string of the molecule is O=C(O)CCN(CC(=O)N(CCCCNC(=O)c1cccc(I)c1)CC(=O)O)C(=O)CN(CCC(=O)O)C(=O)CN(CCC(=O)O)C(=O)c1cccc(C(=O)ON2C(=O)CCC2=O)c1. The molecular weight excluding hydrogens is 963 g/mol. The number of aliphatic carboxylic acids is 4. The van der Waals surface area contributed by atoms with Gasteiger partial charge in [-0.15, -0.1) is 5.06 Å². The minimum Gasteiger partial charge on any atom is -0.481 e. The number of rotatable bonds is 26. The summed E-state index contributed by atoms with van der Waals surface area (Å²) in [6, 6.07) is 11.4. The van der Waals surface area contributed by atoms with Crippen LogP contribution in [0.3, 0.4) is 0 Å². The van der Waals surface area contributed by atoms with Crippen LogP contribution < -0.4 is 5.32 Å². The summed E-state index contributed by atoms with van der Waals surface area (Å²) in [5.41, 5.74) is -0.165. The van der Waals surface area contributed by atoms with Crippen LogP contribution in [0.4, 0.5) is 0 Å². The normalized spacial score (nSPS) is 11.9. The zero-order valence-electron chi connectivity index (χ0n) is 34.1. The maximum Gasteiger partial charge on any atom is 0.363 e. The zero-order chi connectivity index (χ0) is 47.5. The number of hydroxylamine groups is 2. The van der Waals surface area contributed by atoms with Crippen LogP contribution in [0.2, 0.25) is 0 Å². The Bertz CT molecular complexity index is 2130. The highest BCUT2D eigenvalue weighted by Gasteiger charge is 2.34. The van der Waals surface area contributed by atoms with Crippen LogP contribution in [-0.4, -0.2) is 175 Å². The van der Waals surface area contributed by atoms with Gasteiger partial charge in [-0.2, -0.15) is 0 Å². The summed E-state index contributed by atoms with van der Waals surface area (Å²) in [6.07, 6.45) is -1.98. The van der Waals surface area contributed by atoms with Gasteiger partial charge in [-0.1, -0.05) is 12.1 Å². The van der Waals surface area contributed by atoms with E-state index in [4.69, 9.17) is 4.84 Å². The molecule has 24 heteroatoms. The molecule has 3 rings (SSSR count). The van der Waals surface area contributed by atoms with Gasteiger partial charge in [-0.25, -0.2) is 4.79 Å². The molecule has 2 aromatic rings. The molecular formula is C40H45IN6O17. The molecule has 0 aliphatic carbocycles. The highest BCUT2D eigenvalue weighted by molar-refractivity contribution is 14.1. The molecule has 1 heterocycles. The van der Waals surface area contributed by atoms with Crippen LogP contribution in [0.1, 0.15) is 76.0 Å². The number of carbonyl (C=O) groups is 12. The van der Waals surface area contributed by atoms with E-state index in [0.717, 1.165) is 24.3 Å². The Hall–Kier alpha value is -6.99. The first kappa shape index (κ1) is 51.4. The molecule has 64 heavy (non-hydrogen) atoms. The summed E-state index contributed by atoms with van der Waals surface area (Å²) in [5.74, 6) is -12.7. The Morgan fingerprint density at radius 2 is 1.05 bits per heavy atom. The first-order chi connectivity index (χ1) is 30.2. The Balaban J connectivity index is 1.77. The van der Waals surface area contributed by atoms with E-state index in [1.54, 1.807) is 18.2 Å². The van der Waals surface area contributed by atoms with Crippen molar-refractivity contribution in [2.75, 3.05) is 58.9 Å². The van der Waals surface area contributed by atoms with Gasteiger partial charge < -0.3 is 50.2 Å². The summed E-state index contributed by atoms with van der Waals surface area (Å²) in [7, 11) is 0. The van der Waals surface area contributed by atoms with Crippen molar-refractivity contribution in [2.45, 2.75) is 44.9 Å². The van der Waals surface area contributed by atoms with Crippen LogP contribution in [0.5, 0.6) is 0 Å². The van der Waals surface area contributed by atoms with Crippen LogP contribution in [0.15, 0.2) is 48.5 Å². The van der Waals surface area contributed by atoms with Gasteiger partial charge in [0.1, 0.15) is 13.1 Å². The number of hydrogen-bond donors (Lipinski definition) is 5. The molecule has 1 aliphatic heterocycles. The number of halogens is 1. The highest BCUT2D eigenvalue weighted by atomic mass is 127. The van der Waals surface area contributed by atoms with Crippen LogP contribution >= 0.6 is 22.6 Å². The monoisotopic (exact) mass is 1010 g/mol. The maximum absolute atomic E-state index is 13.8. The van der Waals surface area contributed by atoms with Crippen molar-refractivity contribution in [3.05, 3.63) is 68.8 Å². The summed E-state index contributed by atoms with van der Waals surface area (Å²) in [4.78, 5) is 158. The van der Waals surface area contributed by atoms with Gasteiger partial charge in [-0.05, 0) is 71.8 Å². The predicted molar refractivity (Wildman–Crippen MR) is 224 cm³/mol. The van der Waals surface area contributed by atoms with Crippen LogP contribution in [0.25, 0.3) is 0 Å². The quantitative estimate of drug-likeness (QED) is 0.0476. The number of hydrogen-bond acceptors (Lipinski definition) is 13. The largest absolute Gasteiger partial charge is 0.481 e. The second-order valence-corrected chi connectivity index (χ2v) is 15.3. The van der Waals surface area contributed by atoms with Crippen molar-refractivity contribution in [1.29, 1.82) is 0 Å². The number of carbonyl (C=O) groups excluding carboxylic acids is 8. The lowest BCUT2D eigenvalue weighted by Crippen LogP contribution is -2.51. The fraction of sp³-hybridized carbons (Fsp3) is 0.400. The third-order valence-electron chi connectivity index (χ3n) is 9.19. The number of benzene rings is 2. The number of amides is 7. The van der Waals surface area contributed by atoms with E-state index in [1.807, 2.05) is 6.07 Å². The molecule has 344 valence electrons. The third kappa shape index (κ3) is 17.1. The number of unbranched alkanes of at least 4 members (excludes halogenated alkanes) is 1. The number of nitrogens with one attached hydrogen (secondary N) is 1. The van der Waals surface area contributed by atoms with Gasteiger partial charge in [0.05, 0.1) is 37.9 Å². The highest BCUT2D eigenvalue weighted by Crippen LogP contribution is 2.17. The lowest BCUT2D eigenvalue weighted by molar-refractivity contribution is -0.172. The minimum atomic E-state index is -1.42. The lowest BCUT2D eigenvalue weighted by Gasteiger charge is -2.30. The van der Waals surface area contributed by atoms with Gasteiger partial charge in [0.2, 0.25) is 17.7 Å². The lowest BCUT2D eigenvalue weighted by atomic mass is 10.1. The molecule has 1 aliphatic rings. The summed E-state index contributed by atoms with van der Waals surface area (Å²) < 4.78 is 0.844. The standard InChI is InChI=1S/C40H45IN6O17/c41-28-8-4-5-25(20-28)38(61)42-14-1-2-15-43(24-37(59)60)31(50)21-44(16-11-34(53)54)32(51)22-45(17-12-35(55)56)33(52)23-46(18-13-36(57)58)39(62)26-6-3-7-27(19-26)40(63)64-47-29(48)9-10-30(47)49/h3-8,19-20H,1-2,9-18,21-24H2,(H,42,61)(H,53,54)(H,55,56)(H,57,58)(H,59,60). The van der Waals surface area contributed by atoms with Crippen molar-refractivity contribution in [2.24, 2.45) is 0 Å². The molecule has 0 unspecified atom stereocenters. The third-order valence-corrected chi connectivity index (χ3v) is 9.86. The fourth-order valence-electron chi connectivity index (χ4n) is 5.89. The molecule has 23 nitrogen and oxygen atoms in total. The van der Waals surface area contributed by atoms with Gasteiger partial charge in [0.25, 0.3) is 23.6 Å². The first-order valence-corrected chi connectivity index (χ1v) is 20.5. The second-order valence-electron chi connectivity index (χ2n) is 14.0. The summed E-state index contributed by atoms with van der Waals surface area (Å²) in [6.45, 7) is -5.40. The number of carboxylic acid groups (broad SMARTS) is 4. The molecule has 1 saturated heterocycles. The molecule has 0 saturated carbocycles. The minimum absolute atomic E-state index is 0.142. The zero-order valence-corrected chi connectivity index (χ0v) is 36.3. The van der Waals surface area contributed by atoms with Gasteiger partial charge >= 0.3 is 29.8 Å². The molecule has 7 amide bonds.